The molecular formula is C20H25N7O. The van der Waals surface area contributed by atoms with Crippen LogP contribution in [0.1, 0.15) is 43.7 Å². The number of nitrogens with zero attached hydrogens (tertiary/aromatic N) is 4. The molecule has 2 aromatic rings. The van der Waals surface area contributed by atoms with Crippen LogP contribution in [-0.2, 0) is 10.2 Å². The second-order valence-corrected chi connectivity index (χ2v) is 7.54. The topological polar surface area (TPSA) is 114 Å². The Kier molecular flexibility index (Phi) is 5.01. The number of aromatic nitrogens is 3. The molecule has 0 bridgehead atoms. The van der Waals surface area contributed by atoms with E-state index in [1.54, 1.807) is 6.20 Å². The SMILES string of the molecule is C[C@@H]1COCCN1c1cc(C2(C#N)CCCC2)c(C=N)c(Nc2cc[nH]n2)n1. The van der Waals surface area contributed by atoms with Gasteiger partial charge in [-0.1, -0.05) is 12.8 Å². The molecule has 4 rings (SSSR count). The van der Waals surface area contributed by atoms with Gasteiger partial charge in [0.15, 0.2) is 5.82 Å². The van der Waals surface area contributed by atoms with E-state index in [4.69, 9.17) is 15.1 Å². The quantitative estimate of drug-likeness (QED) is 0.688. The molecule has 2 fully saturated rings. The Bertz CT molecular complexity index is 881. The monoisotopic (exact) mass is 379 g/mol. The van der Waals surface area contributed by atoms with Gasteiger partial charge in [0.05, 0.1) is 30.7 Å². The van der Waals surface area contributed by atoms with Crippen molar-refractivity contribution in [1.82, 2.24) is 15.2 Å². The van der Waals surface area contributed by atoms with Crippen molar-refractivity contribution in [3.05, 3.63) is 29.5 Å². The minimum absolute atomic E-state index is 0.194. The number of aromatic amines is 1. The summed E-state index contributed by atoms with van der Waals surface area (Å²) in [5.41, 5.74) is 0.989. The summed E-state index contributed by atoms with van der Waals surface area (Å²) in [4.78, 5) is 7.05. The summed E-state index contributed by atoms with van der Waals surface area (Å²) in [5.74, 6) is 2.01. The van der Waals surface area contributed by atoms with Crippen molar-refractivity contribution in [2.45, 2.75) is 44.1 Å². The number of morpholine rings is 1. The van der Waals surface area contributed by atoms with Crippen LogP contribution in [0, 0.1) is 16.7 Å². The van der Waals surface area contributed by atoms with E-state index in [0.717, 1.165) is 43.6 Å². The fraction of sp³-hybridized carbons (Fsp3) is 0.500. The number of rotatable bonds is 5. The summed E-state index contributed by atoms with van der Waals surface area (Å²) in [6.45, 7) is 4.16. The van der Waals surface area contributed by atoms with Gasteiger partial charge in [-0.2, -0.15) is 10.4 Å². The van der Waals surface area contributed by atoms with Crippen LogP contribution in [0.5, 0.6) is 0 Å². The third kappa shape index (κ3) is 3.22. The smallest absolute Gasteiger partial charge is 0.153 e. The summed E-state index contributed by atoms with van der Waals surface area (Å²) in [6, 6.07) is 6.60. The maximum absolute atomic E-state index is 10.1. The van der Waals surface area contributed by atoms with Crippen molar-refractivity contribution in [1.29, 1.82) is 10.7 Å². The lowest BCUT2D eigenvalue weighted by atomic mass is 9.78. The number of nitrogens with one attached hydrogen (secondary N) is 3. The molecule has 28 heavy (non-hydrogen) atoms. The first kappa shape index (κ1) is 18.4. The lowest BCUT2D eigenvalue weighted by Crippen LogP contribution is -2.44. The Morgan fingerprint density at radius 1 is 1.46 bits per heavy atom. The third-order valence-corrected chi connectivity index (χ3v) is 5.79. The highest BCUT2D eigenvalue weighted by atomic mass is 16.5. The largest absolute Gasteiger partial charge is 0.377 e. The molecule has 3 heterocycles. The van der Waals surface area contributed by atoms with Gasteiger partial charge in [0, 0.05) is 30.6 Å². The lowest BCUT2D eigenvalue weighted by molar-refractivity contribution is 0.0985. The van der Waals surface area contributed by atoms with E-state index in [2.05, 4.69) is 33.4 Å². The van der Waals surface area contributed by atoms with Gasteiger partial charge in [0.2, 0.25) is 0 Å². The summed E-state index contributed by atoms with van der Waals surface area (Å²) >= 11 is 0. The summed E-state index contributed by atoms with van der Waals surface area (Å²) in [5, 5.41) is 28.3. The molecule has 1 aliphatic carbocycles. The van der Waals surface area contributed by atoms with E-state index in [9.17, 15) is 5.26 Å². The van der Waals surface area contributed by atoms with Gasteiger partial charge in [-0.05, 0) is 31.4 Å². The molecule has 0 spiro atoms. The van der Waals surface area contributed by atoms with Crippen LogP contribution in [0.15, 0.2) is 18.3 Å². The van der Waals surface area contributed by atoms with E-state index >= 15 is 0 Å². The van der Waals surface area contributed by atoms with Crippen molar-refractivity contribution in [2.24, 2.45) is 0 Å². The Morgan fingerprint density at radius 2 is 2.29 bits per heavy atom. The molecule has 1 aliphatic heterocycles. The minimum atomic E-state index is -0.567. The maximum atomic E-state index is 10.1. The molecule has 1 saturated carbocycles. The van der Waals surface area contributed by atoms with E-state index < -0.39 is 5.41 Å². The van der Waals surface area contributed by atoms with E-state index in [1.807, 2.05) is 12.1 Å². The highest BCUT2D eigenvalue weighted by Gasteiger charge is 2.39. The van der Waals surface area contributed by atoms with Crippen LogP contribution in [0.3, 0.4) is 0 Å². The van der Waals surface area contributed by atoms with Crippen LogP contribution in [0.25, 0.3) is 0 Å². The molecular weight excluding hydrogens is 354 g/mol. The van der Waals surface area contributed by atoms with Gasteiger partial charge in [0.1, 0.15) is 11.6 Å². The molecule has 0 unspecified atom stereocenters. The molecule has 0 amide bonds. The predicted molar refractivity (Wildman–Crippen MR) is 107 cm³/mol. The third-order valence-electron chi connectivity index (χ3n) is 5.79. The van der Waals surface area contributed by atoms with Gasteiger partial charge in [-0.3, -0.25) is 5.10 Å². The first-order chi connectivity index (χ1) is 13.7. The standard InChI is InChI=1S/C20H25N7O/c1-14-12-28-9-8-27(14)18-10-16(20(13-22)5-2-3-6-20)15(11-21)19(25-18)24-17-4-7-23-26-17/h4,7,10-11,14,21H,2-3,5-6,8-9,12H2,1H3,(H2,23,24,25,26)/t14-/m1/s1. The Balaban J connectivity index is 1.86. The average Bonchev–Trinajstić information content (AvgIpc) is 3.40. The zero-order valence-electron chi connectivity index (χ0n) is 16.0. The van der Waals surface area contributed by atoms with Gasteiger partial charge in [0.25, 0.3) is 0 Å². The molecule has 1 saturated heterocycles. The van der Waals surface area contributed by atoms with Crippen LogP contribution >= 0.6 is 0 Å². The van der Waals surface area contributed by atoms with Gasteiger partial charge < -0.3 is 20.4 Å². The number of anilines is 3. The number of pyridine rings is 1. The van der Waals surface area contributed by atoms with E-state index in [0.29, 0.717) is 30.4 Å². The Morgan fingerprint density at radius 3 is 2.93 bits per heavy atom. The van der Waals surface area contributed by atoms with Crippen molar-refractivity contribution in [2.75, 3.05) is 30.0 Å². The summed E-state index contributed by atoms with van der Waals surface area (Å²) in [6.07, 6.45) is 6.72. The molecule has 1 atom stereocenters. The minimum Gasteiger partial charge on any atom is -0.377 e. The Labute approximate surface area is 164 Å². The molecule has 3 N–H and O–H groups in total. The zero-order valence-corrected chi connectivity index (χ0v) is 16.0. The van der Waals surface area contributed by atoms with Gasteiger partial charge >= 0.3 is 0 Å². The highest BCUT2D eigenvalue weighted by molar-refractivity contribution is 5.89. The number of hydrogen-bond donors (Lipinski definition) is 3. The number of nitriles is 1. The van der Waals surface area contributed by atoms with Gasteiger partial charge in [-0.25, -0.2) is 4.98 Å². The predicted octanol–water partition coefficient (Wildman–Crippen LogP) is 3.11. The molecule has 0 radical (unpaired) electrons. The van der Waals surface area contributed by atoms with E-state index in [-0.39, 0.29) is 6.04 Å². The molecule has 146 valence electrons. The zero-order chi connectivity index (χ0) is 19.6. The average molecular weight is 379 g/mol. The van der Waals surface area contributed by atoms with Crippen molar-refractivity contribution in [3.63, 3.8) is 0 Å². The second kappa shape index (κ2) is 7.60. The molecule has 0 aromatic carbocycles. The molecule has 8 heteroatoms. The lowest BCUT2D eigenvalue weighted by Gasteiger charge is -2.36. The molecule has 2 aliphatic rings. The Hall–Kier alpha value is -2.92. The normalized spacial score (nSPS) is 21.3. The van der Waals surface area contributed by atoms with E-state index in [1.165, 1.54) is 6.21 Å². The van der Waals surface area contributed by atoms with Crippen molar-refractivity contribution >= 4 is 23.7 Å². The van der Waals surface area contributed by atoms with Gasteiger partial charge in [-0.15, -0.1) is 0 Å². The second-order valence-electron chi connectivity index (χ2n) is 7.54. The van der Waals surface area contributed by atoms with Crippen LogP contribution in [0.2, 0.25) is 0 Å². The maximum Gasteiger partial charge on any atom is 0.153 e. The highest BCUT2D eigenvalue weighted by Crippen LogP contribution is 2.44. The fourth-order valence-electron chi connectivity index (χ4n) is 4.26. The van der Waals surface area contributed by atoms with Crippen LogP contribution in [-0.4, -0.2) is 47.2 Å². The number of hydrogen-bond acceptors (Lipinski definition) is 7. The van der Waals surface area contributed by atoms with Crippen LogP contribution < -0.4 is 10.2 Å². The first-order valence-electron chi connectivity index (χ1n) is 9.75. The number of ether oxygens (including phenoxy) is 1. The van der Waals surface area contributed by atoms with Crippen LogP contribution in [0.4, 0.5) is 17.5 Å². The molecule has 2 aromatic heterocycles. The fourth-order valence-corrected chi connectivity index (χ4v) is 4.26. The van der Waals surface area contributed by atoms with Crippen molar-refractivity contribution in [3.8, 4) is 6.07 Å². The summed E-state index contributed by atoms with van der Waals surface area (Å²) in [7, 11) is 0. The number of H-pyrrole nitrogens is 1. The first-order valence-corrected chi connectivity index (χ1v) is 9.75. The molecule has 8 nitrogen and oxygen atoms in total. The summed E-state index contributed by atoms with van der Waals surface area (Å²) < 4.78 is 5.58. The van der Waals surface area contributed by atoms with Crippen molar-refractivity contribution < 1.29 is 4.74 Å².